The van der Waals surface area contributed by atoms with Gasteiger partial charge in [0.1, 0.15) is 0 Å². The van der Waals surface area contributed by atoms with Gasteiger partial charge >= 0.3 is 0 Å². The molecule has 0 nitrogen and oxygen atoms in total. The molecule has 0 atom stereocenters. The van der Waals surface area contributed by atoms with Crippen molar-refractivity contribution >= 4 is 19.7 Å². The quantitative estimate of drug-likeness (QED) is 0.164. The molecular weight excluding hydrogens is 331 g/mol. The van der Waals surface area contributed by atoms with Crippen LogP contribution < -0.4 is 0 Å². The molecule has 0 unspecified atom stereocenters. The molecule has 0 aliphatic rings. The second-order valence-corrected chi connectivity index (χ2v) is 12.6. The molecule has 1 radical (unpaired) electrons. The highest BCUT2D eigenvalue weighted by atomic mass is 35.5. The van der Waals surface area contributed by atoms with Crippen molar-refractivity contribution < 1.29 is 0 Å². The normalized spacial score (nSPS) is 11.5. The number of hydrogen-bond acceptors (Lipinski definition) is 0. The third kappa shape index (κ3) is 15.0. The second-order valence-electron chi connectivity index (χ2n) is 7.61. The highest BCUT2D eigenvalue weighted by Gasteiger charge is 2.19. The maximum absolute atomic E-state index is 2.44. The maximum atomic E-state index is 2.44. The summed E-state index contributed by atoms with van der Waals surface area (Å²) in [6.45, 7) is 9.61. The monoisotopic (exact) mass is 379 g/mol. The Hall–Kier alpha value is 0.720. The van der Waals surface area contributed by atoms with E-state index in [0.29, 0.717) is 0 Å². The van der Waals surface area contributed by atoms with Gasteiger partial charge in [-0.25, -0.2) is 0 Å². The third-order valence-corrected chi connectivity index (χ3v) is 11.3. The van der Waals surface area contributed by atoms with E-state index in [4.69, 9.17) is 0 Å². The molecule has 149 valence electrons. The van der Waals surface area contributed by atoms with Crippen molar-refractivity contribution in [2.45, 2.75) is 118 Å². The summed E-state index contributed by atoms with van der Waals surface area (Å²) in [4.78, 5) is 0. The lowest BCUT2D eigenvalue weighted by Crippen LogP contribution is -2.07. The first-order chi connectivity index (χ1) is 11.2. The van der Waals surface area contributed by atoms with Crippen molar-refractivity contribution in [3.63, 3.8) is 0 Å². The first-order valence-electron chi connectivity index (χ1n) is 11.1. The fraction of sp³-hybridized carbons (Fsp3) is 1.00. The van der Waals surface area contributed by atoms with Gasteiger partial charge in [0.25, 0.3) is 0 Å². The first-order valence-corrected chi connectivity index (χ1v) is 13.6. The Balaban J connectivity index is 0. The Bertz CT molecular complexity index is 218. The van der Waals surface area contributed by atoms with Crippen molar-refractivity contribution in [1.29, 1.82) is 0 Å². The summed E-state index contributed by atoms with van der Waals surface area (Å²) < 4.78 is 0. The summed E-state index contributed by atoms with van der Waals surface area (Å²) in [7, 11) is -0.523. The standard InChI is InChI=1S/C22H48P.ClH/c1-5-9-10-11-12-13-14-15-16-17-18-19-20-21-22-23(6-2,7-3)8-4;/h5-22H2,1-4H3;1H. The third-order valence-electron chi connectivity index (χ3n) is 6.00. The zero-order chi connectivity index (χ0) is 17.2. The molecule has 0 heterocycles. The number of hydrogen-bond donors (Lipinski definition) is 0. The van der Waals surface area contributed by atoms with Crippen LogP contribution in [-0.4, -0.2) is 24.6 Å². The van der Waals surface area contributed by atoms with E-state index < -0.39 is 7.26 Å². The van der Waals surface area contributed by atoms with Crippen molar-refractivity contribution in [2.75, 3.05) is 24.6 Å². The van der Waals surface area contributed by atoms with Gasteiger partial charge < -0.3 is 0 Å². The Kier molecular flexibility index (Phi) is 22.5. The van der Waals surface area contributed by atoms with Crippen LogP contribution in [0.15, 0.2) is 0 Å². The van der Waals surface area contributed by atoms with Gasteiger partial charge in [0, 0.05) is 0 Å². The molecule has 0 saturated heterocycles. The van der Waals surface area contributed by atoms with Crippen LogP contribution in [0.1, 0.15) is 118 Å². The van der Waals surface area contributed by atoms with Crippen LogP contribution in [0.5, 0.6) is 0 Å². The summed E-state index contributed by atoms with van der Waals surface area (Å²) >= 11 is 0. The van der Waals surface area contributed by atoms with Gasteiger partial charge in [0.05, 0.1) is 0 Å². The average Bonchev–Trinajstić information content (AvgIpc) is 2.59. The van der Waals surface area contributed by atoms with E-state index in [1.54, 1.807) is 6.16 Å². The molecule has 0 aromatic rings. The highest BCUT2D eigenvalue weighted by Crippen LogP contribution is 2.58. The van der Waals surface area contributed by atoms with Crippen LogP contribution in [0.4, 0.5) is 0 Å². The summed E-state index contributed by atoms with van der Waals surface area (Å²) in [5.74, 6) is 0. The fourth-order valence-corrected chi connectivity index (χ4v) is 6.97. The van der Waals surface area contributed by atoms with Gasteiger partial charge in [0.2, 0.25) is 0 Å². The minimum atomic E-state index is -0.523. The van der Waals surface area contributed by atoms with Crippen LogP contribution in [0.25, 0.3) is 0 Å². The van der Waals surface area contributed by atoms with E-state index in [2.05, 4.69) is 27.7 Å². The van der Waals surface area contributed by atoms with Crippen LogP contribution in [0.2, 0.25) is 0 Å². The predicted molar refractivity (Wildman–Crippen MR) is 121 cm³/mol. The molecule has 0 aromatic carbocycles. The smallest absolute Gasteiger partial charge is 0.0359 e. The molecule has 0 N–H and O–H groups in total. The lowest BCUT2D eigenvalue weighted by molar-refractivity contribution is 0.538. The van der Waals surface area contributed by atoms with Gasteiger partial charge in [-0.3, -0.25) is 0 Å². The number of halogens is 1. The molecular formula is C22H49ClP. The Morgan fingerprint density at radius 2 is 0.708 bits per heavy atom. The van der Waals surface area contributed by atoms with Gasteiger partial charge in [-0.1, -0.05) is 111 Å². The minimum Gasteiger partial charge on any atom is -0.147 e. The van der Waals surface area contributed by atoms with Crippen molar-refractivity contribution in [3.05, 3.63) is 0 Å². The van der Waals surface area contributed by atoms with E-state index in [1.165, 1.54) is 108 Å². The first kappa shape index (κ1) is 26.9. The number of unbranched alkanes of at least 4 members (excludes halogenated alkanes) is 13. The molecule has 24 heavy (non-hydrogen) atoms. The molecule has 0 fully saturated rings. The maximum Gasteiger partial charge on any atom is -0.0359 e. The summed E-state index contributed by atoms with van der Waals surface area (Å²) in [5, 5.41) is 0. The van der Waals surface area contributed by atoms with Gasteiger partial charge in [-0.15, -0.1) is 19.7 Å². The summed E-state index contributed by atoms with van der Waals surface area (Å²) in [5.41, 5.74) is 0. The molecule has 0 spiro atoms. The molecule has 0 rings (SSSR count). The highest BCUT2D eigenvalue weighted by molar-refractivity contribution is 7.75. The molecule has 0 saturated carbocycles. The van der Waals surface area contributed by atoms with Crippen LogP contribution in [-0.2, 0) is 0 Å². The largest absolute Gasteiger partial charge is 0.147 e. The Morgan fingerprint density at radius 3 is 1.00 bits per heavy atom. The van der Waals surface area contributed by atoms with Crippen LogP contribution >= 0.6 is 19.7 Å². The lowest BCUT2D eigenvalue weighted by atomic mass is 10.0. The molecule has 0 amide bonds. The van der Waals surface area contributed by atoms with Crippen LogP contribution in [0.3, 0.4) is 0 Å². The zero-order valence-corrected chi connectivity index (χ0v) is 19.3. The molecule has 0 aliphatic carbocycles. The molecule has 0 aliphatic heterocycles. The second kappa shape index (κ2) is 20.0. The van der Waals surface area contributed by atoms with E-state index in [0.717, 1.165) is 0 Å². The van der Waals surface area contributed by atoms with Gasteiger partial charge in [0.15, 0.2) is 0 Å². The number of rotatable bonds is 18. The molecule has 0 bridgehead atoms. The van der Waals surface area contributed by atoms with Crippen LogP contribution in [0, 0.1) is 0 Å². The van der Waals surface area contributed by atoms with E-state index in [9.17, 15) is 0 Å². The zero-order valence-electron chi connectivity index (χ0n) is 17.6. The van der Waals surface area contributed by atoms with E-state index >= 15 is 0 Å². The molecule has 2 heteroatoms. The minimum absolute atomic E-state index is 0. The van der Waals surface area contributed by atoms with Gasteiger partial charge in [-0.05, 0) is 31.1 Å². The molecule has 0 aromatic heterocycles. The fourth-order valence-electron chi connectivity index (χ4n) is 3.79. The Labute approximate surface area is 162 Å². The summed E-state index contributed by atoms with van der Waals surface area (Å²) in [6, 6.07) is 0. The lowest BCUT2D eigenvalue weighted by Gasteiger charge is -2.33. The van der Waals surface area contributed by atoms with E-state index in [1.807, 2.05) is 0 Å². The predicted octanol–water partition coefficient (Wildman–Crippen LogP) is 8.97. The summed E-state index contributed by atoms with van der Waals surface area (Å²) in [6.07, 6.45) is 26.7. The van der Waals surface area contributed by atoms with E-state index in [-0.39, 0.29) is 12.4 Å². The van der Waals surface area contributed by atoms with Crippen molar-refractivity contribution in [2.24, 2.45) is 0 Å². The Morgan fingerprint density at radius 1 is 0.417 bits per heavy atom. The topological polar surface area (TPSA) is 0 Å². The SMILES string of the molecule is CCCCCCCCCCCCCCCC[P](CC)(CC)CC.Cl. The van der Waals surface area contributed by atoms with Gasteiger partial charge in [-0.2, -0.15) is 0 Å². The van der Waals surface area contributed by atoms with Crippen molar-refractivity contribution in [1.82, 2.24) is 0 Å². The average molecular weight is 380 g/mol. The van der Waals surface area contributed by atoms with Crippen molar-refractivity contribution in [3.8, 4) is 0 Å².